The second-order valence-corrected chi connectivity index (χ2v) is 8.17. The van der Waals surface area contributed by atoms with Gasteiger partial charge in [-0.3, -0.25) is 14.9 Å². The third-order valence-corrected chi connectivity index (χ3v) is 4.83. The number of carbonyl (C=O) groups is 2. The van der Waals surface area contributed by atoms with Gasteiger partial charge in [0.05, 0.1) is 6.33 Å². The number of nitrogens with zero attached hydrogens (tertiary/aromatic N) is 2. The molecule has 0 saturated carbocycles. The fourth-order valence-corrected chi connectivity index (χ4v) is 3.48. The largest absolute Gasteiger partial charge is 0.480 e. The minimum absolute atomic E-state index is 0.138. The molecule has 2 rings (SSSR count). The topological polar surface area (TPSA) is 104 Å². The number of benzene rings is 1. The summed E-state index contributed by atoms with van der Waals surface area (Å²) in [7, 11) is 0. The van der Waals surface area contributed by atoms with E-state index >= 15 is 0 Å². The van der Waals surface area contributed by atoms with E-state index in [9.17, 15) is 19.8 Å². The van der Waals surface area contributed by atoms with Crippen LogP contribution in [0.2, 0.25) is 0 Å². The van der Waals surface area contributed by atoms with Gasteiger partial charge in [-0.2, -0.15) is 0 Å². The molecule has 1 heterocycles. The molecule has 0 aliphatic rings. The van der Waals surface area contributed by atoms with Gasteiger partial charge in [0, 0.05) is 28.4 Å². The summed E-state index contributed by atoms with van der Waals surface area (Å²) < 4.78 is 3.01. The first-order chi connectivity index (χ1) is 12.8. The smallest absolute Gasteiger partial charge is 0.321 e. The van der Waals surface area contributed by atoms with Crippen molar-refractivity contribution in [2.45, 2.75) is 45.3 Å². The van der Waals surface area contributed by atoms with Crippen LogP contribution in [0.1, 0.15) is 31.5 Å². The fraction of sp³-hybridized carbons (Fsp3) is 0.421. The number of halogens is 1. The van der Waals surface area contributed by atoms with Crippen LogP contribution >= 0.6 is 22.6 Å². The minimum Gasteiger partial charge on any atom is -0.480 e. The molecule has 0 saturated heterocycles. The van der Waals surface area contributed by atoms with Crippen LogP contribution in [0.25, 0.3) is 0 Å². The Morgan fingerprint density at radius 2 is 1.93 bits per heavy atom. The monoisotopic (exact) mass is 485 g/mol. The normalized spacial score (nSPS) is 13.5. The number of aliphatic carboxylic acids is 2. The lowest BCUT2D eigenvalue weighted by atomic mass is 10.0. The standard InChI is InChI=1S/C19H24IN3O4/c1-12(2)6-16(18(24)25)22-17(19(26)27)8-15-9-21-11-23(15)10-13-4-3-5-14(20)7-13/h3-5,7,9,11-12,16-17,22H,6,8,10H2,1-2H3,(H,24,25)(H,26,27)/t16?,17-/m0/s1. The average Bonchev–Trinajstić information content (AvgIpc) is 2.99. The molecule has 0 bridgehead atoms. The number of aromatic nitrogens is 2. The summed E-state index contributed by atoms with van der Waals surface area (Å²) in [5, 5.41) is 21.7. The van der Waals surface area contributed by atoms with Gasteiger partial charge in [0.1, 0.15) is 12.1 Å². The molecule has 2 aromatic rings. The van der Waals surface area contributed by atoms with Crippen LogP contribution in [0, 0.1) is 9.49 Å². The molecule has 3 N–H and O–H groups in total. The van der Waals surface area contributed by atoms with Crippen molar-refractivity contribution in [1.29, 1.82) is 0 Å². The summed E-state index contributed by atoms with van der Waals surface area (Å²) in [5.41, 5.74) is 1.83. The van der Waals surface area contributed by atoms with E-state index in [-0.39, 0.29) is 12.3 Å². The van der Waals surface area contributed by atoms with Gasteiger partial charge in [-0.25, -0.2) is 4.98 Å². The van der Waals surface area contributed by atoms with Gasteiger partial charge in [-0.1, -0.05) is 26.0 Å². The van der Waals surface area contributed by atoms with Crippen molar-refractivity contribution in [3.8, 4) is 0 Å². The Bertz CT molecular complexity index is 791. The molecule has 1 aromatic carbocycles. The van der Waals surface area contributed by atoms with Crippen molar-refractivity contribution in [3.63, 3.8) is 0 Å². The number of rotatable bonds is 10. The summed E-state index contributed by atoms with van der Waals surface area (Å²) in [6.45, 7) is 4.39. The zero-order valence-electron chi connectivity index (χ0n) is 15.3. The van der Waals surface area contributed by atoms with Gasteiger partial charge in [0.15, 0.2) is 0 Å². The maximum atomic E-state index is 11.7. The van der Waals surface area contributed by atoms with Gasteiger partial charge >= 0.3 is 11.9 Å². The Hall–Kier alpha value is -1.94. The van der Waals surface area contributed by atoms with Crippen molar-refractivity contribution >= 4 is 34.5 Å². The first kappa shape index (κ1) is 21.4. The number of imidazole rings is 1. The van der Waals surface area contributed by atoms with E-state index < -0.39 is 24.0 Å². The predicted molar refractivity (Wildman–Crippen MR) is 110 cm³/mol. The maximum Gasteiger partial charge on any atom is 0.321 e. The van der Waals surface area contributed by atoms with Gasteiger partial charge in [0.25, 0.3) is 0 Å². The fourth-order valence-electron chi connectivity index (χ4n) is 2.87. The van der Waals surface area contributed by atoms with Crippen molar-refractivity contribution in [1.82, 2.24) is 14.9 Å². The van der Waals surface area contributed by atoms with E-state index in [0.717, 1.165) is 14.8 Å². The molecule has 8 heteroatoms. The molecular formula is C19H24IN3O4. The van der Waals surface area contributed by atoms with Crippen molar-refractivity contribution in [2.24, 2.45) is 5.92 Å². The molecule has 7 nitrogen and oxygen atoms in total. The molecule has 146 valence electrons. The van der Waals surface area contributed by atoms with E-state index in [2.05, 4.69) is 39.0 Å². The summed E-state index contributed by atoms with van der Waals surface area (Å²) in [6.07, 6.45) is 3.81. The van der Waals surface area contributed by atoms with Crippen LogP contribution in [-0.2, 0) is 22.6 Å². The zero-order chi connectivity index (χ0) is 20.0. The number of carboxylic acids is 2. The van der Waals surface area contributed by atoms with Crippen LogP contribution in [0.5, 0.6) is 0 Å². The highest BCUT2D eigenvalue weighted by Crippen LogP contribution is 2.13. The lowest BCUT2D eigenvalue weighted by molar-refractivity contribution is -0.142. The summed E-state index contributed by atoms with van der Waals surface area (Å²) in [5.74, 6) is -1.98. The van der Waals surface area contributed by atoms with Crippen molar-refractivity contribution in [2.75, 3.05) is 0 Å². The van der Waals surface area contributed by atoms with Crippen LogP contribution < -0.4 is 5.32 Å². The number of hydrogen-bond donors (Lipinski definition) is 3. The summed E-state index contributed by atoms with van der Waals surface area (Å²) >= 11 is 2.24. The highest BCUT2D eigenvalue weighted by Gasteiger charge is 2.27. The molecule has 0 amide bonds. The summed E-state index contributed by atoms with van der Waals surface area (Å²) in [6, 6.07) is 6.12. The SMILES string of the molecule is CC(C)CC(N[C@@H](Cc1cncn1Cc1cccc(I)c1)C(=O)O)C(=O)O. The second kappa shape index (κ2) is 9.84. The molecule has 2 atom stereocenters. The predicted octanol–water partition coefficient (Wildman–Crippen LogP) is 2.62. The Balaban J connectivity index is 2.14. The molecule has 1 aromatic heterocycles. The van der Waals surface area contributed by atoms with E-state index in [1.54, 1.807) is 12.5 Å². The first-order valence-corrected chi connectivity index (χ1v) is 9.79. The number of carboxylic acid groups (broad SMARTS) is 2. The van der Waals surface area contributed by atoms with E-state index in [4.69, 9.17) is 0 Å². The average molecular weight is 485 g/mol. The molecule has 0 fully saturated rings. The molecule has 0 spiro atoms. The van der Waals surface area contributed by atoms with Crippen molar-refractivity contribution in [3.05, 3.63) is 51.6 Å². The Kier molecular flexibility index (Phi) is 7.78. The highest BCUT2D eigenvalue weighted by molar-refractivity contribution is 14.1. The van der Waals surface area contributed by atoms with Gasteiger partial charge in [-0.15, -0.1) is 0 Å². The Morgan fingerprint density at radius 1 is 1.22 bits per heavy atom. The molecule has 0 radical (unpaired) electrons. The molecule has 1 unspecified atom stereocenters. The van der Waals surface area contributed by atoms with E-state index in [0.29, 0.717) is 13.0 Å². The summed E-state index contributed by atoms with van der Waals surface area (Å²) in [4.78, 5) is 27.3. The Morgan fingerprint density at radius 3 is 2.52 bits per heavy atom. The quantitative estimate of drug-likeness (QED) is 0.447. The second-order valence-electron chi connectivity index (χ2n) is 6.92. The zero-order valence-corrected chi connectivity index (χ0v) is 17.5. The minimum atomic E-state index is -1.08. The van der Waals surface area contributed by atoms with E-state index in [1.807, 2.05) is 36.6 Å². The van der Waals surface area contributed by atoms with E-state index in [1.165, 1.54) is 0 Å². The molecule has 0 aliphatic heterocycles. The van der Waals surface area contributed by atoms with Crippen LogP contribution in [0.15, 0.2) is 36.8 Å². The lowest BCUT2D eigenvalue weighted by Crippen LogP contribution is -2.49. The lowest BCUT2D eigenvalue weighted by Gasteiger charge is -2.22. The number of nitrogens with one attached hydrogen (secondary N) is 1. The molecular weight excluding hydrogens is 461 g/mol. The van der Waals surface area contributed by atoms with Crippen molar-refractivity contribution < 1.29 is 19.8 Å². The highest BCUT2D eigenvalue weighted by atomic mass is 127. The maximum absolute atomic E-state index is 11.7. The van der Waals surface area contributed by atoms with Crippen LogP contribution in [0.4, 0.5) is 0 Å². The van der Waals surface area contributed by atoms with Gasteiger partial charge in [-0.05, 0) is 52.6 Å². The molecule has 0 aliphatic carbocycles. The third-order valence-electron chi connectivity index (χ3n) is 4.16. The number of hydrogen-bond acceptors (Lipinski definition) is 4. The van der Waals surface area contributed by atoms with Crippen LogP contribution in [0.3, 0.4) is 0 Å². The molecule has 27 heavy (non-hydrogen) atoms. The third kappa shape index (κ3) is 6.62. The first-order valence-electron chi connectivity index (χ1n) is 8.71. The van der Waals surface area contributed by atoms with Crippen LogP contribution in [-0.4, -0.2) is 43.8 Å². The van der Waals surface area contributed by atoms with Gasteiger partial charge < -0.3 is 14.8 Å². The van der Waals surface area contributed by atoms with Gasteiger partial charge in [0.2, 0.25) is 0 Å². The Labute approximate surface area is 171 Å².